The largest absolute Gasteiger partial charge is 0.411 e. The summed E-state index contributed by atoms with van der Waals surface area (Å²) in [6, 6.07) is 11.2. The van der Waals surface area contributed by atoms with Gasteiger partial charge in [0.1, 0.15) is 0 Å². The van der Waals surface area contributed by atoms with Crippen LogP contribution >= 0.6 is 39.0 Å². The number of rotatable bonds is 7. The van der Waals surface area contributed by atoms with Crippen molar-refractivity contribution in [3.63, 3.8) is 0 Å². The third-order valence-electron chi connectivity index (χ3n) is 3.25. The van der Waals surface area contributed by atoms with E-state index < -0.39 is 0 Å². The first-order chi connectivity index (χ1) is 12.5. The Kier molecular flexibility index (Phi) is 6.23. The van der Waals surface area contributed by atoms with Crippen molar-refractivity contribution >= 4 is 50.7 Å². The minimum absolute atomic E-state index is 0.0173. The molecule has 26 heavy (non-hydrogen) atoms. The zero-order valence-corrected chi connectivity index (χ0v) is 16.9. The molecule has 0 bridgehead atoms. The predicted octanol–water partition coefficient (Wildman–Crippen LogP) is 4.17. The number of nitrogens with zero attached hydrogens (tertiary/aromatic N) is 2. The Labute approximate surface area is 166 Å². The van der Waals surface area contributed by atoms with Gasteiger partial charge < -0.3 is 9.73 Å². The lowest BCUT2D eigenvalue weighted by Gasteiger charge is -1.98. The second kappa shape index (κ2) is 8.61. The number of halogens is 1. The van der Waals surface area contributed by atoms with Gasteiger partial charge in [-0.15, -0.1) is 21.5 Å². The summed E-state index contributed by atoms with van der Waals surface area (Å²) in [4.78, 5) is 24.8. The van der Waals surface area contributed by atoms with E-state index in [2.05, 4.69) is 31.4 Å². The van der Waals surface area contributed by atoms with Crippen molar-refractivity contribution in [1.29, 1.82) is 0 Å². The van der Waals surface area contributed by atoms with Crippen LogP contribution in [0, 0.1) is 0 Å². The van der Waals surface area contributed by atoms with E-state index in [-0.39, 0.29) is 17.4 Å². The maximum atomic E-state index is 12.3. The molecule has 0 radical (unpaired) electrons. The van der Waals surface area contributed by atoms with Crippen molar-refractivity contribution in [2.75, 3.05) is 5.75 Å². The van der Waals surface area contributed by atoms with Crippen LogP contribution in [0.2, 0.25) is 0 Å². The van der Waals surface area contributed by atoms with E-state index in [0.717, 1.165) is 14.9 Å². The van der Waals surface area contributed by atoms with Crippen LogP contribution in [0.15, 0.2) is 50.5 Å². The van der Waals surface area contributed by atoms with Crippen LogP contribution in [-0.4, -0.2) is 27.6 Å². The predicted molar refractivity (Wildman–Crippen MR) is 104 cm³/mol. The summed E-state index contributed by atoms with van der Waals surface area (Å²) in [7, 11) is 0. The smallest absolute Gasteiger partial charge is 0.277 e. The third-order valence-corrected chi connectivity index (χ3v) is 5.69. The number of benzene rings is 1. The van der Waals surface area contributed by atoms with Crippen LogP contribution in [-0.2, 0) is 11.3 Å². The number of thiophene rings is 1. The molecule has 1 aromatic carbocycles. The molecule has 2 aromatic heterocycles. The van der Waals surface area contributed by atoms with Gasteiger partial charge in [0.25, 0.3) is 5.22 Å². The lowest BCUT2D eigenvalue weighted by atomic mass is 10.2. The second-order valence-corrected chi connectivity index (χ2v) is 8.28. The molecular formula is C17H14BrN3O3S2. The van der Waals surface area contributed by atoms with Crippen LogP contribution in [0.1, 0.15) is 21.5 Å². The molecule has 3 rings (SSSR count). The first-order valence-electron chi connectivity index (χ1n) is 7.60. The minimum Gasteiger partial charge on any atom is -0.411 e. The number of carbonyl (C=O) groups is 2. The first kappa shape index (κ1) is 18.8. The molecule has 134 valence electrons. The summed E-state index contributed by atoms with van der Waals surface area (Å²) in [6.07, 6.45) is 0. The lowest BCUT2D eigenvalue weighted by Crippen LogP contribution is -2.18. The Morgan fingerprint density at radius 3 is 2.88 bits per heavy atom. The fourth-order valence-electron chi connectivity index (χ4n) is 2.04. The zero-order chi connectivity index (χ0) is 18.5. The van der Waals surface area contributed by atoms with Crippen molar-refractivity contribution in [3.05, 3.63) is 50.6 Å². The third kappa shape index (κ3) is 5.03. The van der Waals surface area contributed by atoms with E-state index in [9.17, 15) is 9.59 Å². The van der Waals surface area contributed by atoms with Crippen molar-refractivity contribution in [1.82, 2.24) is 15.5 Å². The van der Waals surface area contributed by atoms with Crippen LogP contribution in [0.25, 0.3) is 11.5 Å². The highest BCUT2D eigenvalue weighted by Crippen LogP contribution is 2.26. The van der Waals surface area contributed by atoms with E-state index in [0.29, 0.717) is 22.5 Å². The summed E-state index contributed by atoms with van der Waals surface area (Å²) in [5.74, 6) is 0.506. The van der Waals surface area contributed by atoms with Gasteiger partial charge in [-0.05, 0) is 30.3 Å². The molecule has 0 atom stereocenters. The van der Waals surface area contributed by atoms with E-state index in [1.54, 1.807) is 6.07 Å². The number of Topliss-reactive ketones (excluding diaryl/α,β-unsaturated/α-hetero) is 1. The van der Waals surface area contributed by atoms with Crippen LogP contribution < -0.4 is 5.32 Å². The van der Waals surface area contributed by atoms with Gasteiger partial charge >= 0.3 is 0 Å². The van der Waals surface area contributed by atoms with Crippen molar-refractivity contribution < 1.29 is 14.0 Å². The highest BCUT2D eigenvalue weighted by Gasteiger charge is 2.14. The number of carbonyl (C=O) groups excluding carboxylic acids is 2. The Morgan fingerprint density at radius 1 is 1.27 bits per heavy atom. The number of hydrogen-bond donors (Lipinski definition) is 1. The summed E-state index contributed by atoms with van der Waals surface area (Å²) >= 11 is 5.98. The SMILES string of the molecule is CC(=O)NCc1ccc(C(=O)CSc2nnc(-c3cccc(Br)c3)o2)s1. The van der Waals surface area contributed by atoms with E-state index in [4.69, 9.17) is 4.42 Å². The minimum atomic E-state index is -0.0977. The standard InChI is InChI=1S/C17H14BrN3O3S2/c1-10(22)19-8-13-5-6-15(26-13)14(23)9-25-17-21-20-16(24-17)11-3-2-4-12(18)7-11/h2-7H,8-9H2,1H3,(H,19,22). The zero-order valence-electron chi connectivity index (χ0n) is 13.7. The lowest BCUT2D eigenvalue weighted by molar-refractivity contribution is -0.119. The quantitative estimate of drug-likeness (QED) is 0.428. The molecule has 1 N–H and O–H groups in total. The van der Waals surface area contributed by atoms with Crippen molar-refractivity contribution in [3.8, 4) is 11.5 Å². The highest BCUT2D eigenvalue weighted by atomic mass is 79.9. The Hall–Kier alpha value is -1.97. The van der Waals surface area contributed by atoms with Gasteiger partial charge in [-0.25, -0.2) is 0 Å². The van der Waals surface area contributed by atoms with Gasteiger partial charge in [0.15, 0.2) is 5.78 Å². The molecule has 0 fully saturated rings. The summed E-state index contributed by atoms with van der Waals surface area (Å²) in [5, 5.41) is 11.1. The topological polar surface area (TPSA) is 85.1 Å². The number of amides is 1. The monoisotopic (exact) mass is 451 g/mol. The highest BCUT2D eigenvalue weighted by molar-refractivity contribution is 9.10. The van der Waals surface area contributed by atoms with Crippen LogP contribution in [0.3, 0.4) is 0 Å². The number of thioether (sulfide) groups is 1. The number of aromatic nitrogens is 2. The molecule has 0 aliphatic rings. The Balaban J connectivity index is 1.57. The van der Waals surface area contributed by atoms with Gasteiger partial charge in [0.2, 0.25) is 11.8 Å². The van der Waals surface area contributed by atoms with Gasteiger partial charge in [0, 0.05) is 21.8 Å². The summed E-state index contributed by atoms with van der Waals surface area (Å²) in [6.45, 7) is 1.89. The van der Waals surface area contributed by atoms with Crippen LogP contribution in [0.5, 0.6) is 0 Å². The maximum Gasteiger partial charge on any atom is 0.277 e. The van der Waals surface area contributed by atoms with Crippen molar-refractivity contribution in [2.45, 2.75) is 18.7 Å². The Bertz CT molecular complexity index is 939. The fraction of sp³-hybridized carbons (Fsp3) is 0.176. The molecule has 0 saturated carbocycles. The van der Waals surface area contributed by atoms with Crippen molar-refractivity contribution in [2.24, 2.45) is 0 Å². The average molecular weight is 452 g/mol. The van der Waals surface area contributed by atoms with Gasteiger partial charge in [-0.2, -0.15) is 0 Å². The molecule has 1 amide bonds. The van der Waals surface area contributed by atoms with E-state index in [1.165, 1.54) is 30.0 Å². The molecule has 6 nitrogen and oxygen atoms in total. The molecule has 0 saturated heterocycles. The molecule has 0 aliphatic heterocycles. The van der Waals surface area contributed by atoms with Gasteiger partial charge in [-0.1, -0.05) is 33.8 Å². The molecule has 9 heteroatoms. The number of nitrogens with one attached hydrogen (secondary N) is 1. The molecule has 0 aliphatic carbocycles. The Morgan fingerprint density at radius 2 is 2.12 bits per heavy atom. The molecular weight excluding hydrogens is 438 g/mol. The molecule has 0 spiro atoms. The van der Waals surface area contributed by atoms with E-state index in [1.807, 2.05) is 30.3 Å². The fourth-order valence-corrected chi connectivity index (χ4v) is 4.06. The first-order valence-corrected chi connectivity index (χ1v) is 10.2. The summed E-state index contributed by atoms with van der Waals surface area (Å²) < 4.78 is 6.53. The molecule has 0 unspecified atom stereocenters. The van der Waals surface area contributed by atoms with Gasteiger partial charge in [0.05, 0.1) is 17.2 Å². The summed E-state index contributed by atoms with van der Waals surface area (Å²) in [5.41, 5.74) is 0.811. The second-order valence-electron chi connectivity index (χ2n) is 5.27. The molecule has 2 heterocycles. The van der Waals surface area contributed by atoms with E-state index >= 15 is 0 Å². The van der Waals surface area contributed by atoms with Crippen LogP contribution in [0.4, 0.5) is 0 Å². The average Bonchev–Trinajstić information content (AvgIpc) is 3.27. The van der Waals surface area contributed by atoms with Gasteiger partial charge in [-0.3, -0.25) is 9.59 Å². The normalized spacial score (nSPS) is 10.7. The maximum absolute atomic E-state index is 12.3. The number of hydrogen-bond acceptors (Lipinski definition) is 7. The number of ketones is 1. The molecule has 3 aromatic rings.